The first-order valence-electron chi connectivity index (χ1n) is 9.73. The quantitative estimate of drug-likeness (QED) is 0.426. The van der Waals surface area contributed by atoms with Gasteiger partial charge in [-0.05, 0) is 61.4 Å². The summed E-state index contributed by atoms with van der Waals surface area (Å²) < 4.78 is 0. The monoisotopic (exact) mass is 392 g/mol. The number of anilines is 2. The zero-order valence-electron chi connectivity index (χ0n) is 16.7. The number of pyridine rings is 3. The molecule has 6 heteroatoms. The standard InChI is InChI=1S/C24H20N6/c1-15-6-7-18(28-24-13-23(29-30-24)22-5-3-4-9-26-22)12-19(15)20-11-17-14-25-10-8-21(17)27-16(20)2/h3-14H,1-2H3,(H2,28,29,30). The number of nitrogens with one attached hydrogen (secondary N) is 2. The van der Waals surface area contributed by atoms with Gasteiger partial charge in [0.2, 0.25) is 0 Å². The van der Waals surface area contributed by atoms with Crippen molar-refractivity contribution in [2.75, 3.05) is 5.32 Å². The van der Waals surface area contributed by atoms with Crippen molar-refractivity contribution in [1.29, 1.82) is 0 Å². The Kier molecular flexibility index (Phi) is 4.44. The summed E-state index contributed by atoms with van der Waals surface area (Å²) in [4.78, 5) is 13.3. The van der Waals surface area contributed by atoms with Crippen molar-refractivity contribution < 1.29 is 0 Å². The number of H-pyrrole nitrogens is 1. The lowest BCUT2D eigenvalue weighted by molar-refractivity contribution is 1.09. The van der Waals surface area contributed by atoms with Crippen molar-refractivity contribution in [1.82, 2.24) is 25.1 Å². The lowest BCUT2D eigenvalue weighted by Gasteiger charge is -2.13. The van der Waals surface area contributed by atoms with Gasteiger partial charge in [0, 0.05) is 47.0 Å². The van der Waals surface area contributed by atoms with Gasteiger partial charge < -0.3 is 5.32 Å². The van der Waals surface area contributed by atoms with Crippen molar-refractivity contribution in [2.45, 2.75) is 13.8 Å². The van der Waals surface area contributed by atoms with Crippen molar-refractivity contribution >= 4 is 22.4 Å². The molecule has 0 aliphatic heterocycles. The summed E-state index contributed by atoms with van der Waals surface area (Å²) in [6.07, 6.45) is 5.39. The zero-order chi connectivity index (χ0) is 20.5. The van der Waals surface area contributed by atoms with Crippen LogP contribution in [0.5, 0.6) is 0 Å². The predicted octanol–water partition coefficient (Wildman–Crippen LogP) is 5.44. The van der Waals surface area contributed by atoms with Gasteiger partial charge in [-0.3, -0.25) is 20.1 Å². The van der Waals surface area contributed by atoms with E-state index in [2.05, 4.69) is 56.7 Å². The van der Waals surface area contributed by atoms with Gasteiger partial charge in [0.05, 0.1) is 16.9 Å². The fraction of sp³-hybridized carbons (Fsp3) is 0.0833. The maximum absolute atomic E-state index is 4.76. The molecule has 0 aliphatic rings. The highest BCUT2D eigenvalue weighted by atomic mass is 15.2. The molecule has 5 aromatic rings. The molecular formula is C24H20N6. The first kappa shape index (κ1) is 18.0. The van der Waals surface area contributed by atoms with Gasteiger partial charge >= 0.3 is 0 Å². The molecule has 0 unspecified atom stereocenters. The minimum atomic E-state index is 0.739. The number of hydrogen-bond donors (Lipinski definition) is 2. The fourth-order valence-corrected chi connectivity index (χ4v) is 3.56. The molecule has 30 heavy (non-hydrogen) atoms. The number of rotatable bonds is 4. The Balaban J connectivity index is 1.49. The van der Waals surface area contributed by atoms with E-state index in [4.69, 9.17) is 4.98 Å². The maximum Gasteiger partial charge on any atom is 0.152 e. The van der Waals surface area contributed by atoms with E-state index in [-0.39, 0.29) is 0 Å². The third-order valence-corrected chi connectivity index (χ3v) is 5.12. The topological polar surface area (TPSA) is 79.4 Å². The Labute approximate surface area is 174 Å². The van der Waals surface area contributed by atoms with Crippen LogP contribution >= 0.6 is 0 Å². The molecule has 0 saturated heterocycles. The fourth-order valence-electron chi connectivity index (χ4n) is 3.56. The van der Waals surface area contributed by atoms with Crippen LogP contribution in [-0.4, -0.2) is 25.1 Å². The van der Waals surface area contributed by atoms with Crippen LogP contribution in [0.2, 0.25) is 0 Å². The molecule has 0 amide bonds. The number of aromatic amines is 1. The van der Waals surface area contributed by atoms with Crippen LogP contribution in [0.1, 0.15) is 11.3 Å². The first-order chi connectivity index (χ1) is 14.7. The SMILES string of the molecule is Cc1ccc(Nc2cc(-c3ccccn3)[nH]n2)cc1-c1cc2cnccc2nc1C. The largest absolute Gasteiger partial charge is 0.339 e. The summed E-state index contributed by atoms with van der Waals surface area (Å²) in [5.41, 5.74) is 8.05. The second-order valence-electron chi connectivity index (χ2n) is 7.23. The number of benzene rings is 1. The Hall–Kier alpha value is -4.06. The van der Waals surface area contributed by atoms with Crippen LogP contribution in [0.4, 0.5) is 11.5 Å². The van der Waals surface area contributed by atoms with Gasteiger partial charge in [0.15, 0.2) is 5.82 Å². The third kappa shape index (κ3) is 3.39. The molecule has 1 aromatic carbocycles. The smallest absolute Gasteiger partial charge is 0.152 e. The van der Waals surface area contributed by atoms with Gasteiger partial charge in [-0.1, -0.05) is 12.1 Å². The molecule has 6 nitrogen and oxygen atoms in total. The number of fused-ring (bicyclic) bond motifs is 1. The van der Waals surface area contributed by atoms with E-state index in [1.807, 2.05) is 43.5 Å². The normalized spacial score (nSPS) is 11.0. The highest BCUT2D eigenvalue weighted by molar-refractivity contribution is 5.85. The van der Waals surface area contributed by atoms with Crippen LogP contribution in [0.25, 0.3) is 33.4 Å². The van der Waals surface area contributed by atoms with E-state index in [0.717, 1.165) is 50.6 Å². The summed E-state index contributed by atoms with van der Waals surface area (Å²) in [7, 11) is 0. The molecule has 5 rings (SSSR count). The van der Waals surface area contributed by atoms with Crippen molar-refractivity contribution in [3.05, 3.63) is 84.4 Å². The average molecular weight is 392 g/mol. The molecule has 0 saturated carbocycles. The summed E-state index contributed by atoms with van der Waals surface area (Å²) in [5, 5.41) is 11.8. The van der Waals surface area contributed by atoms with Crippen LogP contribution in [0.3, 0.4) is 0 Å². The molecule has 4 heterocycles. The second-order valence-corrected chi connectivity index (χ2v) is 7.23. The molecular weight excluding hydrogens is 372 g/mol. The van der Waals surface area contributed by atoms with Gasteiger partial charge in [-0.25, -0.2) is 0 Å². The van der Waals surface area contributed by atoms with E-state index >= 15 is 0 Å². The van der Waals surface area contributed by atoms with Gasteiger partial charge in [0.25, 0.3) is 0 Å². The van der Waals surface area contributed by atoms with Crippen molar-refractivity contribution in [3.8, 4) is 22.5 Å². The van der Waals surface area contributed by atoms with Crippen molar-refractivity contribution in [2.24, 2.45) is 0 Å². The Morgan fingerprint density at radius 2 is 1.83 bits per heavy atom. The average Bonchev–Trinajstić information content (AvgIpc) is 3.24. The molecule has 0 spiro atoms. The van der Waals surface area contributed by atoms with E-state index in [1.54, 1.807) is 12.4 Å². The second kappa shape index (κ2) is 7.40. The number of nitrogens with zero attached hydrogens (tertiary/aromatic N) is 4. The zero-order valence-corrected chi connectivity index (χ0v) is 16.7. The van der Waals surface area contributed by atoms with E-state index in [0.29, 0.717) is 0 Å². The minimum Gasteiger partial charge on any atom is -0.339 e. The van der Waals surface area contributed by atoms with E-state index < -0.39 is 0 Å². The predicted molar refractivity (Wildman–Crippen MR) is 120 cm³/mol. The molecule has 0 bridgehead atoms. The summed E-state index contributed by atoms with van der Waals surface area (Å²) in [6, 6.07) is 18.2. The lowest BCUT2D eigenvalue weighted by atomic mass is 9.97. The number of hydrogen-bond acceptors (Lipinski definition) is 5. The Morgan fingerprint density at radius 3 is 2.70 bits per heavy atom. The summed E-state index contributed by atoms with van der Waals surface area (Å²) in [6.45, 7) is 4.15. The minimum absolute atomic E-state index is 0.739. The Morgan fingerprint density at radius 1 is 0.900 bits per heavy atom. The van der Waals surface area contributed by atoms with Crippen molar-refractivity contribution in [3.63, 3.8) is 0 Å². The van der Waals surface area contributed by atoms with Gasteiger partial charge in [-0.2, -0.15) is 5.10 Å². The highest BCUT2D eigenvalue weighted by Gasteiger charge is 2.11. The van der Waals surface area contributed by atoms with E-state index in [9.17, 15) is 0 Å². The highest BCUT2D eigenvalue weighted by Crippen LogP contribution is 2.31. The Bertz CT molecular complexity index is 1340. The molecule has 4 aromatic heterocycles. The lowest BCUT2D eigenvalue weighted by Crippen LogP contribution is -1.95. The molecule has 0 aliphatic carbocycles. The molecule has 146 valence electrons. The summed E-state index contributed by atoms with van der Waals surface area (Å²) >= 11 is 0. The molecule has 0 atom stereocenters. The molecule has 2 N–H and O–H groups in total. The third-order valence-electron chi connectivity index (χ3n) is 5.12. The van der Waals surface area contributed by atoms with Crippen LogP contribution in [-0.2, 0) is 0 Å². The molecule has 0 fully saturated rings. The van der Waals surface area contributed by atoms with Crippen LogP contribution < -0.4 is 5.32 Å². The first-order valence-corrected chi connectivity index (χ1v) is 9.73. The van der Waals surface area contributed by atoms with Crippen LogP contribution in [0, 0.1) is 13.8 Å². The number of aryl methyl sites for hydroxylation is 2. The van der Waals surface area contributed by atoms with Gasteiger partial charge in [0.1, 0.15) is 0 Å². The summed E-state index contributed by atoms with van der Waals surface area (Å²) in [5.74, 6) is 0.739. The number of aromatic nitrogens is 5. The molecule has 0 radical (unpaired) electrons. The maximum atomic E-state index is 4.76. The van der Waals surface area contributed by atoms with E-state index in [1.165, 1.54) is 5.56 Å². The van der Waals surface area contributed by atoms with Gasteiger partial charge in [-0.15, -0.1) is 0 Å². The van der Waals surface area contributed by atoms with Crippen LogP contribution in [0.15, 0.2) is 73.2 Å².